The van der Waals surface area contributed by atoms with Gasteiger partial charge in [-0.2, -0.15) is 0 Å². The number of nitrogens with one attached hydrogen (secondary N) is 2. The zero-order chi connectivity index (χ0) is 28.2. The Labute approximate surface area is 234 Å². The van der Waals surface area contributed by atoms with Crippen LogP contribution in [0.4, 0.5) is 10.3 Å². The lowest BCUT2D eigenvalue weighted by Crippen LogP contribution is -2.21. The largest absolute Gasteiger partial charge is 0.463 e. The Kier molecular flexibility index (Phi) is 7.62. The number of hydrogen-bond acceptors (Lipinski definition) is 10. The maximum Gasteiger partial charge on any atom is 0.264 e. The number of aryl methyl sites for hydroxylation is 2. The molecule has 200 valence electrons. The van der Waals surface area contributed by atoms with Crippen molar-refractivity contribution in [3.8, 4) is 0 Å². The lowest BCUT2D eigenvalue weighted by atomic mass is 10.1. The SMILES string of the molecule is Cc1cnc(NC(=O)c2coc3ccccc3c2=O)s1.Cc1cnc(NC(=O)c2coc3ccccc3c2=O)s1. The van der Waals surface area contributed by atoms with Gasteiger partial charge in [0.05, 0.1) is 10.8 Å². The Balaban J connectivity index is 0.000000161. The van der Waals surface area contributed by atoms with Crippen molar-refractivity contribution in [1.82, 2.24) is 9.97 Å². The molecule has 0 spiro atoms. The van der Waals surface area contributed by atoms with Crippen LogP contribution in [0.1, 0.15) is 30.5 Å². The number of para-hydroxylation sites is 2. The number of aromatic nitrogens is 2. The van der Waals surface area contributed by atoms with E-state index in [0.717, 1.165) is 9.75 Å². The second kappa shape index (κ2) is 11.4. The first kappa shape index (κ1) is 26.7. The van der Waals surface area contributed by atoms with Gasteiger partial charge in [0.25, 0.3) is 11.8 Å². The molecule has 0 saturated carbocycles. The van der Waals surface area contributed by atoms with Crippen LogP contribution in [-0.4, -0.2) is 21.8 Å². The molecule has 2 aromatic carbocycles. The van der Waals surface area contributed by atoms with Crippen molar-refractivity contribution in [1.29, 1.82) is 0 Å². The Hall–Kier alpha value is -4.94. The van der Waals surface area contributed by atoms with Crippen LogP contribution in [0.5, 0.6) is 0 Å². The maximum absolute atomic E-state index is 12.2. The van der Waals surface area contributed by atoms with Crippen molar-refractivity contribution < 1.29 is 18.4 Å². The third-order valence-corrected chi connectivity index (χ3v) is 7.19. The first-order valence-electron chi connectivity index (χ1n) is 11.8. The molecule has 0 bridgehead atoms. The first-order valence-corrected chi connectivity index (χ1v) is 13.4. The summed E-state index contributed by atoms with van der Waals surface area (Å²) in [5.74, 6) is -1.03. The monoisotopic (exact) mass is 572 g/mol. The molecule has 2 amide bonds. The molecule has 0 aliphatic carbocycles. The van der Waals surface area contributed by atoms with Gasteiger partial charge in [0.2, 0.25) is 10.9 Å². The van der Waals surface area contributed by atoms with Gasteiger partial charge in [-0.25, -0.2) is 9.97 Å². The minimum Gasteiger partial charge on any atom is -0.463 e. The zero-order valence-corrected chi connectivity index (χ0v) is 22.7. The van der Waals surface area contributed by atoms with Gasteiger partial charge < -0.3 is 8.83 Å². The standard InChI is InChI=1S/2C14H10N2O3S/c2*1-8-6-15-14(20-8)16-13(18)10-7-19-11-5-3-2-4-9(11)12(10)17/h2*2-7H,1H3,(H,15,16,18). The van der Waals surface area contributed by atoms with E-state index in [0.29, 0.717) is 32.2 Å². The fourth-order valence-corrected chi connectivity index (χ4v) is 4.94. The fraction of sp³-hybridized carbons (Fsp3) is 0.0714. The summed E-state index contributed by atoms with van der Waals surface area (Å²) in [6, 6.07) is 13.6. The molecule has 4 heterocycles. The van der Waals surface area contributed by atoms with E-state index in [4.69, 9.17) is 8.83 Å². The normalized spacial score (nSPS) is 10.7. The summed E-state index contributed by atoms with van der Waals surface area (Å²) in [6.45, 7) is 3.77. The number of hydrogen-bond donors (Lipinski definition) is 2. The van der Waals surface area contributed by atoms with E-state index in [-0.39, 0.29) is 22.0 Å². The van der Waals surface area contributed by atoms with Crippen LogP contribution >= 0.6 is 22.7 Å². The minimum absolute atomic E-state index is 0.0310. The summed E-state index contributed by atoms with van der Waals surface area (Å²) >= 11 is 2.69. The molecule has 12 heteroatoms. The van der Waals surface area contributed by atoms with Crippen molar-refractivity contribution in [2.45, 2.75) is 13.8 Å². The molecule has 0 saturated heterocycles. The van der Waals surface area contributed by atoms with Gasteiger partial charge in [-0.1, -0.05) is 24.3 Å². The van der Waals surface area contributed by atoms with Crippen LogP contribution in [0.3, 0.4) is 0 Å². The highest BCUT2D eigenvalue weighted by Crippen LogP contribution is 2.19. The van der Waals surface area contributed by atoms with Crippen LogP contribution in [0, 0.1) is 13.8 Å². The number of carbonyl (C=O) groups is 2. The molecule has 6 aromatic rings. The molecular weight excluding hydrogens is 552 g/mol. The Bertz CT molecular complexity index is 1840. The summed E-state index contributed by atoms with van der Waals surface area (Å²) in [5.41, 5.74) is 0.154. The molecule has 6 rings (SSSR count). The van der Waals surface area contributed by atoms with Crippen molar-refractivity contribution in [2.75, 3.05) is 10.6 Å². The van der Waals surface area contributed by atoms with E-state index < -0.39 is 11.8 Å². The average molecular weight is 573 g/mol. The predicted octanol–water partition coefficient (Wildman–Crippen LogP) is 5.62. The second-order valence-electron chi connectivity index (χ2n) is 8.41. The molecule has 40 heavy (non-hydrogen) atoms. The van der Waals surface area contributed by atoms with Crippen molar-refractivity contribution in [3.63, 3.8) is 0 Å². The highest BCUT2D eigenvalue weighted by molar-refractivity contribution is 7.16. The third-order valence-electron chi connectivity index (χ3n) is 5.53. The third kappa shape index (κ3) is 5.72. The molecule has 0 fully saturated rings. The van der Waals surface area contributed by atoms with Gasteiger partial charge in [0.15, 0.2) is 10.3 Å². The van der Waals surface area contributed by atoms with Gasteiger partial charge in [-0.3, -0.25) is 29.8 Å². The second-order valence-corrected chi connectivity index (χ2v) is 10.9. The molecule has 0 unspecified atom stereocenters. The van der Waals surface area contributed by atoms with Gasteiger partial charge in [-0.15, -0.1) is 22.7 Å². The van der Waals surface area contributed by atoms with Crippen LogP contribution < -0.4 is 21.5 Å². The summed E-state index contributed by atoms with van der Waals surface area (Å²) in [4.78, 5) is 58.6. The zero-order valence-electron chi connectivity index (χ0n) is 21.1. The van der Waals surface area contributed by atoms with Crippen LogP contribution in [0.2, 0.25) is 0 Å². The van der Waals surface area contributed by atoms with Crippen LogP contribution in [0.15, 0.2) is 91.9 Å². The number of fused-ring (bicyclic) bond motifs is 2. The van der Waals surface area contributed by atoms with Crippen molar-refractivity contribution in [2.24, 2.45) is 0 Å². The molecule has 0 aliphatic rings. The minimum atomic E-state index is -0.515. The van der Waals surface area contributed by atoms with E-state index in [1.54, 1.807) is 60.9 Å². The Morgan fingerprint density at radius 2 is 1.07 bits per heavy atom. The number of rotatable bonds is 4. The van der Waals surface area contributed by atoms with E-state index in [1.165, 1.54) is 35.2 Å². The van der Waals surface area contributed by atoms with E-state index >= 15 is 0 Å². The molecular formula is C28H20N4O6S2. The number of nitrogens with zero attached hydrogens (tertiary/aromatic N) is 2. The van der Waals surface area contributed by atoms with Crippen LogP contribution in [-0.2, 0) is 0 Å². The summed E-state index contributed by atoms with van der Waals surface area (Å²) < 4.78 is 10.6. The van der Waals surface area contributed by atoms with E-state index in [9.17, 15) is 19.2 Å². The van der Waals surface area contributed by atoms with Gasteiger partial charge in [0.1, 0.15) is 34.8 Å². The number of carbonyl (C=O) groups excluding carboxylic acids is 2. The van der Waals surface area contributed by atoms with Gasteiger partial charge in [-0.05, 0) is 38.1 Å². The van der Waals surface area contributed by atoms with Gasteiger partial charge in [0, 0.05) is 22.1 Å². The van der Waals surface area contributed by atoms with Crippen molar-refractivity contribution >= 4 is 66.7 Å². The molecule has 10 nitrogen and oxygen atoms in total. The number of anilines is 2. The number of benzene rings is 2. The number of amides is 2. The molecule has 2 N–H and O–H groups in total. The summed E-state index contributed by atoms with van der Waals surface area (Å²) in [7, 11) is 0. The molecule has 0 atom stereocenters. The maximum atomic E-state index is 12.2. The predicted molar refractivity (Wildman–Crippen MR) is 155 cm³/mol. The first-order chi connectivity index (χ1) is 19.3. The Morgan fingerprint density at radius 3 is 1.45 bits per heavy atom. The summed E-state index contributed by atoms with van der Waals surface area (Å²) in [5, 5.41) is 6.87. The van der Waals surface area contributed by atoms with Gasteiger partial charge >= 0.3 is 0 Å². The highest BCUT2D eigenvalue weighted by atomic mass is 32.1. The summed E-state index contributed by atoms with van der Waals surface area (Å²) in [6.07, 6.45) is 5.67. The number of thiazole rings is 2. The average Bonchev–Trinajstić information content (AvgIpc) is 3.56. The lowest BCUT2D eigenvalue weighted by molar-refractivity contribution is 0.101. The topological polar surface area (TPSA) is 144 Å². The lowest BCUT2D eigenvalue weighted by Gasteiger charge is -2.02. The smallest absolute Gasteiger partial charge is 0.264 e. The quantitative estimate of drug-likeness (QED) is 0.277. The molecule has 0 aliphatic heterocycles. The van der Waals surface area contributed by atoms with Crippen molar-refractivity contribution in [3.05, 3.63) is 115 Å². The van der Waals surface area contributed by atoms with Crippen LogP contribution in [0.25, 0.3) is 21.9 Å². The molecule has 0 radical (unpaired) electrons. The Morgan fingerprint density at radius 1 is 0.675 bits per heavy atom. The highest BCUT2D eigenvalue weighted by Gasteiger charge is 2.16. The van der Waals surface area contributed by atoms with E-state index in [1.807, 2.05) is 13.8 Å². The van der Waals surface area contributed by atoms with E-state index in [2.05, 4.69) is 20.6 Å². The molecule has 4 aromatic heterocycles. The fourth-order valence-electron chi connectivity index (χ4n) is 3.62.